The summed E-state index contributed by atoms with van der Waals surface area (Å²) in [6, 6.07) is 10.4. The van der Waals surface area contributed by atoms with E-state index in [1.54, 1.807) is 36.4 Å². The van der Waals surface area contributed by atoms with E-state index < -0.39 is 23.8 Å². The van der Waals surface area contributed by atoms with Crippen LogP contribution in [0, 0.1) is 5.82 Å². The zero-order valence-electron chi connectivity index (χ0n) is 18.4. The number of carbonyl (C=O) groups excluding carboxylic acids is 2. The zero-order valence-corrected chi connectivity index (χ0v) is 19.2. The summed E-state index contributed by atoms with van der Waals surface area (Å²) in [5.41, 5.74) is 2.01. The zero-order chi connectivity index (χ0) is 23.9. The van der Waals surface area contributed by atoms with Crippen LogP contribution in [0.25, 0.3) is 0 Å². The molecule has 34 heavy (non-hydrogen) atoms. The molecule has 9 heteroatoms. The minimum absolute atomic E-state index is 0.0583. The first-order chi connectivity index (χ1) is 16.5. The monoisotopic (exact) mass is 481 g/mol. The van der Waals surface area contributed by atoms with E-state index in [2.05, 4.69) is 26.1 Å². The van der Waals surface area contributed by atoms with Crippen LogP contribution in [-0.4, -0.2) is 35.7 Å². The van der Waals surface area contributed by atoms with Gasteiger partial charge in [0.15, 0.2) is 0 Å². The summed E-state index contributed by atoms with van der Waals surface area (Å²) in [5.74, 6) is -1.16. The Labute approximate surface area is 202 Å². The molecule has 1 fully saturated rings. The summed E-state index contributed by atoms with van der Waals surface area (Å²) >= 11 is 5.87. The molecule has 3 N–H and O–H groups in total. The quantitative estimate of drug-likeness (QED) is 0.556. The number of allylic oxidation sites excluding steroid dienone is 3. The van der Waals surface area contributed by atoms with Crippen molar-refractivity contribution in [3.8, 4) is 0 Å². The fourth-order valence-corrected chi connectivity index (χ4v) is 3.85. The first-order valence-corrected chi connectivity index (χ1v) is 11.4. The third-order valence-electron chi connectivity index (χ3n) is 5.46. The number of rotatable bonds is 6. The van der Waals surface area contributed by atoms with Gasteiger partial charge in [0.25, 0.3) is 5.91 Å². The van der Waals surface area contributed by atoms with E-state index in [0.717, 1.165) is 31.6 Å². The van der Waals surface area contributed by atoms with Gasteiger partial charge in [-0.25, -0.2) is 9.18 Å². The number of halogens is 2. The van der Waals surface area contributed by atoms with Gasteiger partial charge in [-0.1, -0.05) is 35.9 Å². The largest absolute Gasteiger partial charge is 0.324 e. The molecule has 2 aromatic rings. The number of anilines is 1. The smallest absolute Gasteiger partial charge is 0.320 e. The van der Waals surface area contributed by atoms with Crippen molar-refractivity contribution in [2.24, 2.45) is 5.10 Å². The Bertz CT molecular complexity index is 1140. The van der Waals surface area contributed by atoms with Crippen LogP contribution >= 0.6 is 11.6 Å². The highest BCUT2D eigenvalue weighted by Gasteiger charge is 2.26. The van der Waals surface area contributed by atoms with E-state index >= 15 is 0 Å². The predicted molar refractivity (Wildman–Crippen MR) is 131 cm³/mol. The van der Waals surface area contributed by atoms with Gasteiger partial charge in [0.05, 0.1) is 5.71 Å². The minimum Gasteiger partial charge on any atom is -0.324 e. The first-order valence-electron chi connectivity index (χ1n) is 11.1. The lowest BCUT2D eigenvalue weighted by molar-refractivity contribution is -0.122. The van der Waals surface area contributed by atoms with Gasteiger partial charge < -0.3 is 16.0 Å². The molecule has 1 unspecified atom stereocenters. The molecule has 1 saturated heterocycles. The Morgan fingerprint density at radius 1 is 1.00 bits per heavy atom. The molecule has 0 spiro atoms. The molecular weight excluding hydrogens is 457 g/mol. The highest BCUT2D eigenvalue weighted by atomic mass is 35.5. The van der Waals surface area contributed by atoms with Crippen LogP contribution in [0.3, 0.4) is 0 Å². The number of hydrogen-bond donors (Lipinski definition) is 3. The second-order valence-electron chi connectivity index (χ2n) is 8.00. The molecule has 0 aromatic heterocycles. The second kappa shape index (κ2) is 11.0. The Kier molecular flexibility index (Phi) is 7.59. The molecule has 0 saturated carbocycles. The number of nitrogens with zero attached hydrogens (tertiary/aromatic N) is 2. The fraction of sp³-hybridized carbons (Fsp3) is 0.240. The Balaban J connectivity index is 1.44. The SMILES string of the molecule is O=C(Nc1ccc(Cl)cc1)NC(C(=O)NC1=CCC(=NN2CCCC2)C=C1)c1ccccc1F. The number of urea groups is 1. The number of carbonyl (C=O) groups is 2. The fourth-order valence-electron chi connectivity index (χ4n) is 3.73. The van der Waals surface area contributed by atoms with Gasteiger partial charge in [-0.3, -0.25) is 9.80 Å². The molecule has 3 amide bonds. The molecule has 1 aliphatic heterocycles. The van der Waals surface area contributed by atoms with Gasteiger partial charge in [0, 0.05) is 41.5 Å². The third kappa shape index (κ3) is 6.23. The molecule has 0 radical (unpaired) electrons. The van der Waals surface area contributed by atoms with Crippen LogP contribution in [0.2, 0.25) is 5.02 Å². The number of benzene rings is 2. The van der Waals surface area contributed by atoms with E-state index in [4.69, 9.17) is 11.6 Å². The number of hydrazone groups is 1. The van der Waals surface area contributed by atoms with Gasteiger partial charge in [-0.15, -0.1) is 0 Å². The number of amides is 3. The topological polar surface area (TPSA) is 85.8 Å². The molecule has 176 valence electrons. The van der Waals surface area contributed by atoms with Gasteiger partial charge in [-0.05, 0) is 55.3 Å². The van der Waals surface area contributed by atoms with E-state index in [0.29, 0.717) is 22.8 Å². The summed E-state index contributed by atoms with van der Waals surface area (Å²) in [5, 5.41) is 15.2. The van der Waals surface area contributed by atoms with Crippen molar-refractivity contribution in [3.63, 3.8) is 0 Å². The van der Waals surface area contributed by atoms with E-state index in [-0.39, 0.29) is 5.56 Å². The van der Waals surface area contributed by atoms with Crippen LogP contribution in [-0.2, 0) is 4.79 Å². The van der Waals surface area contributed by atoms with Crippen LogP contribution in [0.1, 0.15) is 30.9 Å². The average Bonchev–Trinajstić information content (AvgIpc) is 3.34. The second-order valence-corrected chi connectivity index (χ2v) is 8.43. The summed E-state index contributed by atoms with van der Waals surface area (Å²) in [6.07, 6.45) is 8.31. The van der Waals surface area contributed by atoms with Crippen LogP contribution in [0.15, 0.2) is 77.6 Å². The minimum atomic E-state index is -1.25. The summed E-state index contributed by atoms with van der Waals surface area (Å²) in [6.45, 7) is 1.91. The van der Waals surface area contributed by atoms with Gasteiger partial charge in [0.2, 0.25) is 0 Å². The van der Waals surface area contributed by atoms with Crippen molar-refractivity contribution < 1.29 is 14.0 Å². The highest BCUT2D eigenvalue weighted by molar-refractivity contribution is 6.30. The molecule has 1 aliphatic carbocycles. The standard InChI is InChI=1S/C25H25ClFN5O2/c26-17-7-9-19(10-8-17)29-25(34)30-23(21-5-1-2-6-22(21)27)24(33)28-18-11-13-20(14-12-18)31-32-15-3-4-16-32/h1-2,5-13,23H,3-4,14-16H2,(H,28,33)(H2,29,30,34). The molecule has 2 aromatic carbocycles. The van der Waals surface area contributed by atoms with Crippen LogP contribution < -0.4 is 16.0 Å². The van der Waals surface area contributed by atoms with E-state index in [9.17, 15) is 14.0 Å². The lowest BCUT2D eigenvalue weighted by Gasteiger charge is -2.21. The van der Waals surface area contributed by atoms with Crippen molar-refractivity contribution in [2.75, 3.05) is 18.4 Å². The lowest BCUT2D eigenvalue weighted by atomic mass is 10.0. The molecule has 1 heterocycles. The number of nitrogens with one attached hydrogen (secondary N) is 3. The van der Waals surface area contributed by atoms with Crippen molar-refractivity contribution in [3.05, 3.63) is 88.9 Å². The maximum absolute atomic E-state index is 14.5. The molecule has 2 aliphatic rings. The summed E-state index contributed by atoms with van der Waals surface area (Å²) in [4.78, 5) is 25.7. The van der Waals surface area contributed by atoms with Crippen LogP contribution in [0.5, 0.6) is 0 Å². The maximum Gasteiger partial charge on any atom is 0.320 e. The van der Waals surface area contributed by atoms with Crippen molar-refractivity contribution in [1.82, 2.24) is 15.6 Å². The van der Waals surface area contributed by atoms with Crippen molar-refractivity contribution in [2.45, 2.75) is 25.3 Å². The molecule has 4 rings (SSSR count). The summed E-state index contributed by atoms with van der Waals surface area (Å²) < 4.78 is 14.5. The van der Waals surface area contributed by atoms with Crippen molar-refractivity contribution >= 4 is 34.9 Å². The molecule has 1 atom stereocenters. The van der Waals surface area contributed by atoms with E-state index in [1.165, 1.54) is 18.2 Å². The number of hydrogen-bond acceptors (Lipinski definition) is 4. The van der Waals surface area contributed by atoms with Gasteiger partial charge in [-0.2, -0.15) is 5.10 Å². The van der Waals surface area contributed by atoms with Crippen LogP contribution in [0.4, 0.5) is 14.9 Å². The average molecular weight is 482 g/mol. The Morgan fingerprint density at radius 2 is 1.74 bits per heavy atom. The Morgan fingerprint density at radius 3 is 2.41 bits per heavy atom. The normalized spacial score (nSPS) is 17.3. The highest BCUT2D eigenvalue weighted by Crippen LogP contribution is 2.20. The van der Waals surface area contributed by atoms with Crippen molar-refractivity contribution in [1.29, 1.82) is 0 Å². The first kappa shape index (κ1) is 23.5. The maximum atomic E-state index is 14.5. The van der Waals surface area contributed by atoms with Gasteiger partial charge >= 0.3 is 6.03 Å². The lowest BCUT2D eigenvalue weighted by Crippen LogP contribution is -2.42. The molecular formula is C25H25ClFN5O2. The third-order valence-corrected chi connectivity index (χ3v) is 5.71. The molecule has 7 nitrogen and oxygen atoms in total. The Hall–Kier alpha value is -3.65. The molecule has 0 bridgehead atoms. The van der Waals surface area contributed by atoms with Gasteiger partial charge in [0.1, 0.15) is 11.9 Å². The predicted octanol–water partition coefficient (Wildman–Crippen LogP) is 4.75. The van der Waals surface area contributed by atoms with E-state index in [1.807, 2.05) is 12.2 Å². The summed E-state index contributed by atoms with van der Waals surface area (Å²) in [7, 11) is 0.